The van der Waals surface area contributed by atoms with Crippen molar-refractivity contribution in [3.63, 3.8) is 0 Å². The Labute approximate surface area is 80.9 Å². The van der Waals surface area contributed by atoms with Crippen LogP contribution in [0.5, 0.6) is 5.75 Å². The van der Waals surface area contributed by atoms with Crippen molar-refractivity contribution in [2.45, 2.75) is 13.0 Å². The molecule has 0 saturated heterocycles. The van der Waals surface area contributed by atoms with Gasteiger partial charge in [0, 0.05) is 5.02 Å². The lowest BCUT2D eigenvalue weighted by Gasteiger charge is -2.14. The van der Waals surface area contributed by atoms with Gasteiger partial charge in [-0.3, -0.25) is 0 Å². The zero-order valence-corrected chi connectivity index (χ0v) is 7.75. The molecule has 0 aliphatic carbocycles. The second-order valence-electron chi connectivity index (χ2n) is 2.53. The summed E-state index contributed by atoms with van der Waals surface area (Å²) < 4.78 is 5.01. The quantitative estimate of drug-likeness (QED) is 0.726. The predicted molar refractivity (Wildman–Crippen MR) is 46.5 cm³/mol. The lowest BCUT2D eigenvalue weighted by atomic mass is 10.3. The number of halogens is 1. The molecule has 1 atom stereocenters. The number of carbonyl (C=O) groups is 1. The minimum absolute atomic E-state index is 0.459. The molecule has 1 aromatic carbocycles. The summed E-state index contributed by atoms with van der Waals surface area (Å²) in [5.41, 5.74) is 0. The number of benzene rings is 1. The molecule has 0 unspecified atom stereocenters. The first-order valence-electron chi connectivity index (χ1n) is 3.72. The van der Waals surface area contributed by atoms with Crippen LogP contribution in [0.4, 0.5) is 0 Å². The van der Waals surface area contributed by atoms with Gasteiger partial charge >= 0.3 is 0 Å². The Morgan fingerprint density at radius 2 is 2.00 bits per heavy atom. The minimum Gasteiger partial charge on any atom is -0.546 e. The Hall–Kier alpha value is -1.22. The van der Waals surface area contributed by atoms with Gasteiger partial charge in [0.05, 0.1) is 5.97 Å². The van der Waals surface area contributed by atoms with E-state index >= 15 is 0 Å². The molecular weight excluding hydrogens is 192 g/mol. The third kappa shape index (κ3) is 2.95. The van der Waals surface area contributed by atoms with E-state index in [0.29, 0.717) is 10.8 Å². The molecule has 0 spiro atoms. The number of carboxylic acid groups (broad SMARTS) is 1. The molecule has 0 amide bonds. The Morgan fingerprint density at radius 1 is 1.46 bits per heavy atom. The number of aliphatic carboxylic acids is 1. The van der Waals surface area contributed by atoms with E-state index in [4.69, 9.17) is 16.3 Å². The molecule has 3 nitrogen and oxygen atoms in total. The number of hydrogen-bond acceptors (Lipinski definition) is 3. The second-order valence-corrected chi connectivity index (χ2v) is 2.97. The molecule has 0 saturated carbocycles. The van der Waals surface area contributed by atoms with E-state index < -0.39 is 12.1 Å². The third-order valence-corrected chi connectivity index (χ3v) is 1.71. The van der Waals surface area contributed by atoms with Gasteiger partial charge in [-0.25, -0.2) is 0 Å². The van der Waals surface area contributed by atoms with Crippen LogP contribution in [0.15, 0.2) is 24.3 Å². The van der Waals surface area contributed by atoms with Crippen molar-refractivity contribution >= 4 is 17.6 Å². The first kappa shape index (κ1) is 9.86. The van der Waals surface area contributed by atoms with Crippen LogP contribution in [-0.2, 0) is 4.79 Å². The molecule has 4 heteroatoms. The third-order valence-electron chi connectivity index (χ3n) is 1.46. The summed E-state index contributed by atoms with van der Waals surface area (Å²) in [7, 11) is 0. The average Bonchev–Trinajstić information content (AvgIpc) is 2.08. The Balaban J connectivity index is 2.64. The van der Waals surface area contributed by atoms with Gasteiger partial charge in [0.1, 0.15) is 11.9 Å². The van der Waals surface area contributed by atoms with Crippen molar-refractivity contribution in [3.8, 4) is 5.75 Å². The molecule has 0 aromatic heterocycles. The molecule has 0 aliphatic rings. The number of rotatable bonds is 3. The van der Waals surface area contributed by atoms with Crippen LogP contribution in [-0.4, -0.2) is 12.1 Å². The summed E-state index contributed by atoms with van der Waals surface area (Å²) in [6, 6.07) is 6.45. The SMILES string of the molecule is C[C@@H](Oc1ccc(Cl)cc1)C(=O)[O-]. The van der Waals surface area contributed by atoms with E-state index in [1.807, 2.05) is 0 Å². The maximum Gasteiger partial charge on any atom is 0.135 e. The van der Waals surface area contributed by atoms with Crippen LogP contribution >= 0.6 is 11.6 Å². The molecule has 0 N–H and O–H groups in total. The average molecular weight is 200 g/mol. The van der Waals surface area contributed by atoms with E-state index in [-0.39, 0.29) is 0 Å². The molecule has 0 radical (unpaired) electrons. The highest BCUT2D eigenvalue weighted by molar-refractivity contribution is 6.30. The Kier molecular flexibility index (Phi) is 3.14. The van der Waals surface area contributed by atoms with E-state index in [9.17, 15) is 9.90 Å². The van der Waals surface area contributed by atoms with Crippen molar-refractivity contribution < 1.29 is 14.6 Å². The smallest absolute Gasteiger partial charge is 0.135 e. The molecule has 13 heavy (non-hydrogen) atoms. The molecule has 70 valence electrons. The highest BCUT2D eigenvalue weighted by Crippen LogP contribution is 2.16. The zero-order chi connectivity index (χ0) is 9.84. The lowest BCUT2D eigenvalue weighted by Crippen LogP contribution is -2.37. The maximum atomic E-state index is 10.3. The van der Waals surface area contributed by atoms with Gasteiger partial charge in [-0.2, -0.15) is 0 Å². The molecule has 0 fully saturated rings. The fraction of sp³-hybridized carbons (Fsp3) is 0.222. The Bertz CT molecular complexity index is 294. The summed E-state index contributed by atoms with van der Waals surface area (Å²) in [5.74, 6) is -0.781. The minimum atomic E-state index is -1.24. The molecule has 0 bridgehead atoms. The molecule has 0 heterocycles. The lowest BCUT2D eigenvalue weighted by molar-refractivity contribution is -0.312. The van der Waals surface area contributed by atoms with Crippen LogP contribution < -0.4 is 9.84 Å². The van der Waals surface area contributed by atoms with Gasteiger partial charge in [-0.1, -0.05) is 11.6 Å². The fourth-order valence-corrected chi connectivity index (χ4v) is 0.891. The van der Waals surface area contributed by atoms with E-state index in [2.05, 4.69) is 0 Å². The summed E-state index contributed by atoms with van der Waals surface area (Å²) in [6.45, 7) is 1.41. The predicted octanol–water partition coefficient (Wildman–Crippen LogP) is 0.857. The van der Waals surface area contributed by atoms with Gasteiger partial charge in [0.25, 0.3) is 0 Å². The molecular formula is C9H8ClO3-. The van der Waals surface area contributed by atoms with Gasteiger partial charge in [-0.15, -0.1) is 0 Å². The van der Waals surface area contributed by atoms with Crippen LogP contribution in [0.3, 0.4) is 0 Å². The monoisotopic (exact) mass is 199 g/mol. The molecule has 1 rings (SSSR count). The first-order valence-corrected chi connectivity index (χ1v) is 4.10. The highest BCUT2D eigenvalue weighted by atomic mass is 35.5. The molecule has 1 aromatic rings. The summed E-state index contributed by atoms with van der Waals surface area (Å²) >= 11 is 5.63. The van der Waals surface area contributed by atoms with Crippen molar-refractivity contribution in [3.05, 3.63) is 29.3 Å². The van der Waals surface area contributed by atoms with Gasteiger partial charge < -0.3 is 14.6 Å². The van der Waals surface area contributed by atoms with Crippen molar-refractivity contribution in [1.82, 2.24) is 0 Å². The molecule has 0 aliphatic heterocycles. The van der Waals surface area contributed by atoms with E-state index in [0.717, 1.165) is 0 Å². The standard InChI is InChI=1S/C9H9ClO3/c1-6(9(11)12)13-8-4-2-7(10)3-5-8/h2-6H,1H3,(H,11,12)/p-1/t6-/m1/s1. The number of hydrogen-bond donors (Lipinski definition) is 0. The normalized spacial score (nSPS) is 12.2. The van der Waals surface area contributed by atoms with E-state index in [1.165, 1.54) is 6.92 Å². The van der Waals surface area contributed by atoms with Crippen LogP contribution in [0, 0.1) is 0 Å². The van der Waals surface area contributed by atoms with Gasteiger partial charge in [-0.05, 0) is 31.2 Å². The van der Waals surface area contributed by atoms with Gasteiger partial charge in [0.2, 0.25) is 0 Å². The summed E-state index contributed by atoms with van der Waals surface area (Å²) in [4.78, 5) is 10.3. The van der Waals surface area contributed by atoms with Gasteiger partial charge in [0.15, 0.2) is 0 Å². The second kappa shape index (κ2) is 4.14. The van der Waals surface area contributed by atoms with Crippen LogP contribution in [0.1, 0.15) is 6.92 Å². The van der Waals surface area contributed by atoms with Crippen LogP contribution in [0.2, 0.25) is 5.02 Å². The number of carbonyl (C=O) groups excluding carboxylic acids is 1. The summed E-state index contributed by atoms with van der Waals surface area (Å²) in [5, 5.41) is 10.9. The largest absolute Gasteiger partial charge is 0.546 e. The summed E-state index contributed by atoms with van der Waals surface area (Å²) in [6.07, 6.45) is -0.957. The topological polar surface area (TPSA) is 49.4 Å². The highest BCUT2D eigenvalue weighted by Gasteiger charge is 2.03. The van der Waals surface area contributed by atoms with Crippen LogP contribution in [0.25, 0.3) is 0 Å². The van der Waals surface area contributed by atoms with Crippen molar-refractivity contribution in [2.24, 2.45) is 0 Å². The Morgan fingerprint density at radius 3 is 2.46 bits per heavy atom. The first-order chi connectivity index (χ1) is 6.09. The maximum absolute atomic E-state index is 10.3. The number of ether oxygens (including phenoxy) is 1. The zero-order valence-electron chi connectivity index (χ0n) is 6.99. The number of carboxylic acids is 1. The van der Waals surface area contributed by atoms with Crippen molar-refractivity contribution in [2.75, 3.05) is 0 Å². The fourth-order valence-electron chi connectivity index (χ4n) is 0.765. The van der Waals surface area contributed by atoms with Crippen molar-refractivity contribution in [1.29, 1.82) is 0 Å². The van der Waals surface area contributed by atoms with E-state index in [1.54, 1.807) is 24.3 Å².